The molecule has 1 atom stereocenters. The number of carbonyl (C=O) groups is 4. The van der Waals surface area contributed by atoms with Crippen LogP contribution in [0.1, 0.15) is 82.3 Å². The Morgan fingerprint density at radius 1 is 0.771 bits per heavy atom. The summed E-state index contributed by atoms with van der Waals surface area (Å²) in [6.45, 7) is 9.99. The Balaban J connectivity index is 2.29. The quantitative estimate of drug-likeness (QED) is 0.0982. The molecule has 0 bridgehead atoms. The van der Waals surface area contributed by atoms with Crippen LogP contribution < -0.4 is 20.7 Å². The van der Waals surface area contributed by atoms with E-state index in [1.54, 1.807) is 41.5 Å². The number of anilines is 1. The molecule has 10 nitrogen and oxygen atoms in total. The monoisotopic (exact) mass is 711 g/mol. The number of carbonyl (C=O) groups excluding carboxylic acids is 4. The Morgan fingerprint density at radius 3 is 1.83 bits per heavy atom. The van der Waals surface area contributed by atoms with Gasteiger partial charge in [-0.2, -0.15) is 26.3 Å². The number of halogens is 7. The van der Waals surface area contributed by atoms with Crippen LogP contribution in [0.2, 0.25) is 5.02 Å². The van der Waals surface area contributed by atoms with Gasteiger partial charge >= 0.3 is 30.5 Å². The van der Waals surface area contributed by atoms with E-state index in [2.05, 4.69) is 10.6 Å². The largest absolute Gasteiger partial charge is 0.444 e. The van der Waals surface area contributed by atoms with Gasteiger partial charge in [-0.1, -0.05) is 11.6 Å². The second-order valence-corrected chi connectivity index (χ2v) is 12.9. The molecule has 0 unspecified atom stereocenters. The molecule has 266 valence electrons. The highest BCUT2D eigenvalue weighted by molar-refractivity contribution is 6.31. The van der Waals surface area contributed by atoms with Crippen molar-refractivity contribution in [2.75, 3.05) is 11.9 Å². The van der Waals surface area contributed by atoms with Gasteiger partial charge in [0.05, 0.1) is 16.7 Å². The normalized spacial score (nSPS) is 12.9. The van der Waals surface area contributed by atoms with Gasteiger partial charge in [0.15, 0.2) is 0 Å². The molecule has 3 N–H and O–H groups in total. The number of alkyl halides is 6. The fraction of sp³-hybridized carbons (Fsp3) is 0.484. The van der Waals surface area contributed by atoms with Gasteiger partial charge in [0.1, 0.15) is 23.0 Å². The van der Waals surface area contributed by atoms with Gasteiger partial charge in [-0.3, -0.25) is 4.79 Å². The summed E-state index contributed by atoms with van der Waals surface area (Å²) in [6, 6.07) is 2.43. The van der Waals surface area contributed by atoms with Crippen molar-refractivity contribution in [3.63, 3.8) is 0 Å². The van der Waals surface area contributed by atoms with Crippen LogP contribution in [-0.2, 0) is 26.6 Å². The number of hydrogen-bond donors (Lipinski definition) is 3. The summed E-state index contributed by atoms with van der Waals surface area (Å²) in [5.41, 5.74) is -6.34. The first-order valence-corrected chi connectivity index (χ1v) is 14.8. The summed E-state index contributed by atoms with van der Waals surface area (Å²) in [5.74, 6) is -2.80. The lowest BCUT2D eigenvalue weighted by Crippen LogP contribution is -2.45. The minimum Gasteiger partial charge on any atom is -0.444 e. The molecule has 2 aromatic carbocycles. The fourth-order valence-corrected chi connectivity index (χ4v) is 4.02. The van der Waals surface area contributed by atoms with Crippen LogP contribution in [0.5, 0.6) is 5.75 Å². The average Bonchev–Trinajstić information content (AvgIpc) is 2.90. The van der Waals surface area contributed by atoms with Crippen molar-refractivity contribution in [1.82, 2.24) is 10.6 Å². The smallest absolute Gasteiger partial charge is 0.416 e. The Bertz CT molecular complexity index is 1450. The standard InChI is InChI=1S/C31H36ClF6N3O7/c1-28(2,3)47-26(44)39-12-8-7-9-22(41-27(45)48-29(4,5)6)25(43)46-23-11-10-19(32)16-21(23)24(42)40-20-14-17(30(33,34)35)13-18(15-20)31(36,37)38/h10-11,13-16,22H,7-9,12H2,1-6H3,(H,39,44)(H,40,42)(H,41,45)/t22-/m0/s1. The molecule has 0 saturated carbocycles. The van der Waals surface area contributed by atoms with Crippen LogP contribution in [0, 0.1) is 0 Å². The lowest BCUT2D eigenvalue weighted by molar-refractivity contribution is -0.143. The maximum absolute atomic E-state index is 13.3. The van der Waals surface area contributed by atoms with Crippen molar-refractivity contribution in [2.45, 2.75) is 90.4 Å². The topological polar surface area (TPSA) is 132 Å². The summed E-state index contributed by atoms with van der Waals surface area (Å²) in [5, 5.41) is 6.81. The molecule has 17 heteroatoms. The zero-order chi connectivity index (χ0) is 36.7. The molecule has 48 heavy (non-hydrogen) atoms. The van der Waals surface area contributed by atoms with Gasteiger partial charge in [-0.25, -0.2) is 14.4 Å². The van der Waals surface area contributed by atoms with E-state index in [1.165, 1.54) is 6.07 Å². The van der Waals surface area contributed by atoms with E-state index in [4.69, 9.17) is 25.8 Å². The number of ether oxygens (including phenoxy) is 3. The molecule has 0 fully saturated rings. The zero-order valence-electron chi connectivity index (χ0n) is 26.9. The van der Waals surface area contributed by atoms with E-state index in [-0.39, 0.29) is 30.5 Å². The van der Waals surface area contributed by atoms with Gasteiger partial charge in [0, 0.05) is 17.3 Å². The van der Waals surface area contributed by atoms with Crippen LogP contribution in [0.25, 0.3) is 0 Å². The number of benzene rings is 2. The Kier molecular flexibility index (Phi) is 13.1. The van der Waals surface area contributed by atoms with E-state index < -0.39 is 81.8 Å². The maximum atomic E-state index is 13.3. The molecule has 0 aliphatic rings. The molecular weight excluding hydrogens is 676 g/mol. The highest BCUT2D eigenvalue weighted by Crippen LogP contribution is 2.38. The number of hydrogen-bond acceptors (Lipinski definition) is 7. The van der Waals surface area contributed by atoms with Crippen LogP contribution in [-0.4, -0.2) is 47.9 Å². The number of nitrogens with one attached hydrogen (secondary N) is 3. The molecule has 0 aliphatic heterocycles. The van der Waals surface area contributed by atoms with Gasteiger partial charge < -0.3 is 30.2 Å². The van der Waals surface area contributed by atoms with Gasteiger partial charge in [-0.15, -0.1) is 0 Å². The second kappa shape index (κ2) is 15.8. The van der Waals surface area contributed by atoms with Crippen molar-refractivity contribution in [2.24, 2.45) is 0 Å². The van der Waals surface area contributed by atoms with Gasteiger partial charge in [0.25, 0.3) is 5.91 Å². The minimum absolute atomic E-state index is 0.0341. The van der Waals surface area contributed by atoms with Gasteiger partial charge in [-0.05, 0) is 97.2 Å². The fourth-order valence-electron chi connectivity index (χ4n) is 3.85. The number of alkyl carbamates (subject to hydrolysis) is 2. The SMILES string of the molecule is CC(C)(C)OC(=O)NCCCC[C@H](NC(=O)OC(C)(C)C)C(=O)Oc1ccc(Cl)cc1C(=O)Nc1cc(C(F)(F)F)cc(C(F)(F)F)c1. The van der Waals surface area contributed by atoms with Crippen LogP contribution in [0.3, 0.4) is 0 Å². The lowest BCUT2D eigenvalue weighted by Gasteiger charge is -2.23. The first kappa shape index (κ1) is 40.0. The summed E-state index contributed by atoms with van der Waals surface area (Å²) in [7, 11) is 0. The molecule has 0 aromatic heterocycles. The summed E-state index contributed by atoms with van der Waals surface area (Å²) < 4.78 is 95.7. The lowest BCUT2D eigenvalue weighted by atomic mass is 10.1. The van der Waals surface area contributed by atoms with Crippen molar-refractivity contribution in [3.05, 3.63) is 58.1 Å². The van der Waals surface area contributed by atoms with Crippen LogP contribution >= 0.6 is 11.6 Å². The molecule has 0 heterocycles. The molecule has 3 amide bonds. The van der Waals surface area contributed by atoms with E-state index in [1.807, 2.05) is 5.32 Å². The predicted molar refractivity (Wildman–Crippen MR) is 163 cm³/mol. The van der Waals surface area contributed by atoms with E-state index in [0.717, 1.165) is 12.1 Å². The molecule has 0 saturated heterocycles. The number of rotatable bonds is 10. The molecule has 0 aliphatic carbocycles. The van der Waals surface area contributed by atoms with E-state index >= 15 is 0 Å². The first-order valence-electron chi connectivity index (χ1n) is 14.4. The Morgan fingerprint density at radius 2 is 1.31 bits per heavy atom. The molecule has 0 radical (unpaired) electrons. The minimum atomic E-state index is -5.17. The molecule has 2 rings (SSSR count). The third kappa shape index (κ3) is 13.9. The highest BCUT2D eigenvalue weighted by Gasteiger charge is 2.37. The number of unbranched alkanes of at least 4 members (excludes halogenated alkanes) is 1. The Hall–Kier alpha value is -4.21. The third-order valence-electron chi connectivity index (χ3n) is 5.81. The average molecular weight is 712 g/mol. The summed E-state index contributed by atoms with van der Waals surface area (Å²) >= 11 is 5.99. The number of amides is 3. The second-order valence-electron chi connectivity index (χ2n) is 12.4. The highest BCUT2D eigenvalue weighted by atomic mass is 35.5. The van der Waals surface area contributed by atoms with Gasteiger partial charge in [0.2, 0.25) is 0 Å². The molecular formula is C31H36ClF6N3O7. The zero-order valence-corrected chi connectivity index (χ0v) is 27.6. The number of esters is 1. The van der Waals surface area contributed by atoms with Crippen molar-refractivity contribution < 1.29 is 59.7 Å². The van der Waals surface area contributed by atoms with E-state index in [0.29, 0.717) is 18.6 Å². The third-order valence-corrected chi connectivity index (χ3v) is 6.04. The van der Waals surface area contributed by atoms with E-state index in [9.17, 15) is 45.5 Å². The Labute approximate surface area is 277 Å². The summed E-state index contributed by atoms with van der Waals surface area (Å²) in [6.07, 6.45) is -11.4. The van der Waals surface area contributed by atoms with Crippen LogP contribution in [0.15, 0.2) is 36.4 Å². The van der Waals surface area contributed by atoms with Crippen LogP contribution in [0.4, 0.5) is 41.6 Å². The predicted octanol–water partition coefficient (Wildman–Crippen LogP) is 8.12. The molecule has 2 aromatic rings. The van der Waals surface area contributed by atoms with Crippen molar-refractivity contribution >= 4 is 41.4 Å². The van der Waals surface area contributed by atoms with Crippen molar-refractivity contribution in [3.8, 4) is 5.75 Å². The first-order chi connectivity index (χ1) is 21.8. The summed E-state index contributed by atoms with van der Waals surface area (Å²) in [4.78, 5) is 50.8. The van der Waals surface area contributed by atoms with Crippen molar-refractivity contribution in [1.29, 1.82) is 0 Å². The maximum Gasteiger partial charge on any atom is 0.416 e. The molecule has 0 spiro atoms.